The van der Waals surface area contributed by atoms with Gasteiger partial charge in [-0.3, -0.25) is 9.59 Å². The molecule has 138 valence electrons. The van der Waals surface area contributed by atoms with E-state index in [0.717, 1.165) is 4.68 Å². The molecule has 0 aliphatic rings. The highest BCUT2D eigenvalue weighted by molar-refractivity contribution is 5.97. The van der Waals surface area contributed by atoms with Crippen molar-refractivity contribution in [1.82, 2.24) is 20.1 Å². The Balaban J connectivity index is 1.97. The highest BCUT2D eigenvalue weighted by Crippen LogP contribution is 2.32. The van der Waals surface area contributed by atoms with E-state index in [-0.39, 0.29) is 22.4 Å². The lowest BCUT2D eigenvalue weighted by atomic mass is 10.0. The smallest absolute Gasteiger partial charge is 0.322 e. The zero-order valence-electron chi connectivity index (χ0n) is 14.2. The standard InChI is InChI=1S/C18H15FN4O4/c1-10-12(7-20-15(16(10)26)18(27)21-9-14(24)25)13-8-22-23(17(13)19)11-5-3-2-4-6-11/h2-8,26H,9H2,1H3,(H,21,27)(H,24,25). The third-order valence-corrected chi connectivity index (χ3v) is 3.92. The van der Waals surface area contributed by atoms with Gasteiger partial charge in [0.2, 0.25) is 5.95 Å². The van der Waals surface area contributed by atoms with E-state index in [9.17, 15) is 19.1 Å². The molecule has 2 heterocycles. The molecule has 0 aliphatic carbocycles. The van der Waals surface area contributed by atoms with Crippen LogP contribution in [-0.2, 0) is 4.79 Å². The van der Waals surface area contributed by atoms with Crippen molar-refractivity contribution < 1.29 is 24.2 Å². The van der Waals surface area contributed by atoms with Gasteiger partial charge in [-0.15, -0.1) is 0 Å². The van der Waals surface area contributed by atoms with Crippen molar-refractivity contribution in [2.24, 2.45) is 0 Å². The predicted octanol–water partition coefficient (Wildman–Crippen LogP) is 1.90. The normalized spacial score (nSPS) is 10.6. The third kappa shape index (κ3) is 3.47. The van der Waals surface area contributed by atoms with E-state index in [1.54, 1.807) is 30.3 Å². The number of aromatic nitrogens is 3. The molecule has 8 nitrogen and oxygen atoms in total. The Labute approximate surface area is 152 Å². The number of hydrogen-bond donors (Lipinski definition) is 3. The van der Waals surface area contributed by atoms with Crippen LogP contribution in [0.25, 0.3) is 16.8 Å². The number of amides is 1. The summed E-state index contributed by atoms with van der Waals surface area (Å²) in [5.74, 6) is -3.17. The number of nitrogens with zero attached hydrogens (tertiary/aromatic N) is 3. The largest absolute Gasteiger partial charge is 0.505 e. The van der Waals surface area contributed by atoms with E-state index < -0.39 is 30.1 Å². The van der Waals surface area contributed by atoms with Gasteiger partial charge in [0.25, 0.3) is 5.91 Å². The molecule has 0 saturated carbocycles. The van der Waals surface area contributed by atoms with Gasteiger partial charge in [0.05, 0.1) is 17.4 Å². The second-order valence-corrected chi connectivity index (χ2v) is 5.67. The van der Waals surface area contributed by atoms with Gasteiger partial charge in [0, 0.05) is 17.3 Å². The van der Waals surface area contributed by atoms with Crippen molar-refractivity contribution in [3.8, 4) is 22.6 Å². The van der Waals surface area contributed by atoms with Gasteiger partial charge in [-0.2, -0.15) is 9.49 Å². The van der Waals surface area contributed by atoms with E-state index in [1.165, 1.54) is 19.3 Å². The second-order valence-electron chi connectivity index (χ2n) is 5.67. The molecule has 0 fully saturated rings. The van der Waals surface area contributed by atoms with Crippen LogP contribution in [-0.4, -0.2) is 43.4 Å². The lowest BCUT2D eigenvalue weighted by Gasteiger charge is -2.10. The van der Waals surface area contributed by atoms with Gasteiger partial charge in [-0.05, 0) is 19.1 Å². The van der Waals surface area contributed by atoms with Crippen molar-refractivity contribution in [3.63, 3.8) is 0 Å². The summed E-state index contributed by atoms with van der Waals surface area (Å²) in [5, 5.41) is 25.0. The summed E-state index contributed by atoms with van der Waals surface area (Å²) in [6, 6.07) is 8.68. The molecule has 1 amide bonds. The van der Waals surface area contributed by atoms with Crippen LogP contribution in [0, 0.1) is 12.9 Å². The fourth-order valence-corrected chi connectivity index (χ4v) is 2.53. The SMILES string of the molecule is Cc1c(-c2cnn(-c3ccccc3)c2F)cnc(C(=O)NCC(=O)O)c1O. The van der Waals surface area contributed by atoms with Crippen LogP contribution >= 0.6 is 0 Å². The van der Waals surface area contributed by atoms with E-state index in [1.807, 2.05) is 0 Å². The second kappa shape index (κ2) is 7.24. The van der Waals surface area contributed by atoms with E-state index in [0.29, 0.717) is 5.69 Å². The summed E-state index contributed by atoms with van der Waals surface area (Å²) in [5.41, 5.74) is 0.782. The van der Waals surface area contributed by atoms with Gasteiger partial charge in [-0.1, -0.05) is 18.2 Å². The molecule has 0 aliphatic heterocycles. The van der Waals surface area contributed by atoms with Crippen LogP contribution in [0.4, 0.5) is 4.39 Å². The Hall–Kier alpha value is -3.75. The molecule has 27 heavy (non-hydrogen) atoms. The zero-order chi connectivity index (χ0) is 19.6. The van der Waals surface area contributed by atoms with Crippen LogP contribution in [0.3, 0.4) is 0 Å². The topological polar surface area (TPSA) is 117 Å². The number of carboxylic acids is 1. The molecule has 3 N–H and O–H groups in total. The van der Waals surface area contributed by atoms with Gasteiger partial charge in [0.1, 0.15) is 12.3 Å². The molecule has 1 aromatic carbocycles. The molecular formula is C18H15FN4O4. The summed E-state index contributed by atoms with van der Waals surface area (Å²) in [6.45, 7) is 0.888. The molecule has 0 unspecified atom stereocenters. The minimum absolute atomic E-state index is 0.108. The first-order chi connectivity index (χ1) is 12.9. The number of pyridine rings is 1. The van der Waals surface area contributed by atoms with Gasteiger partial charge in [-0.25, -0.2) is 9.67 Å². The van der Waals surface area contributed by atoms with Crippen LogP contribution < -0.4 is 5.32 Å². The third-order valence-electron chi connectivity index (χ3n) is 3.92. The van der Waals surface area contributed by atoms with Crippen LogP contribution in [0.2, 0.25) is 0 Å². The number of carbonyl (C=O) groups excluding carboxylic acids is 1. The minimum atomic E-state index is -1.23. The zero-order valence-corrected chi connectivity index (χ0v) is 14.2. The summed E-state index contributed by atoms with van der Waals surface area (Å²) in [4.78, 5) is 26.3. The van der Waals surface area contributed by atoms with Crippen LogP contribution in [0.1, 0.15) is 16.1 Å². The lowest BCUT2D eigenvalue weighted by molar-refractivity contribution is -0.135. The maximum Gasteiger partial charge on any atom is 0.322 e. The average Bonchev–Trinajstić information content (AvgIpc) is 3.04. The Morgan fingerprint density at radius 2 is 1.89 bits per heavy atom. The molecule has 0 radical (unpaired) electrons. The number of benzene rings is 1. The quantitative estimate of drug-likeness (QED) is 0.631. The molecule has 0 bridgehead atoms. The highest BCUT2D eigenvalue weighted by Gasteiger charge is 2.22. The first-order valence-corrected chi connectivity index (χ1v) is 7.88. The van der Waals surface area contributed by atoms with Crippen LogP contribution in [0.5, 0.6) is 5.75 Å². The van der Waals surface area contributed by atoms with Gasteiger partial charge < -0.3 is 15.5 Å². The molecule has 2 aromatic heterocycles. The maximum absolute atomic E-state index is 14.8. The summed E-state index contributed by atoms with van der Waals surface area (Å²) in [7, 11) is 0. The number of rotatable bonds is 5. The number of carbonyl (C=O) groups is 2. The fraction of sp³-hybridized carbons (Fsp3) is 0.111. The minimum Gasteiger partial charge on any atom is -0.505 e. The maximum atomic E-state index is 14.8. The number of para-hydroxylation sites is 1. The van der Waals surface area contributed by atoms with E-state index in [2.05, 4.69) is 15.4 Å². The summed E-state index contributed by atoms with van der Waals surface area (Å²) in [6.07, 6.45) is 2.54. The number of aromatic hydroxyl groups is 1. The van der Waals surface area contributed by atoms with Crippen LogP contribution in [0.15, 0.2) is 42.7 Å². The Morgan fingerprint density at radius 3 is 2.56 bits per heavy atom. The molecule has 3 aromatic rings. The lowest BCUT2D eigenvalue weighted by Crippen LogP contribution is -2.30. The number of carboxylic acid groups (broad SMARTS) is 1. The average molecular weight is 370 g/mol. The van der Waals surface area contributed by atoms with Crippen molar-refractivity contribution in [2.75, 3.05) is 6.54 Å². The van der Waals surface area contributed by atoms with Gasteiger partial charge in [0.15, 0.2) is 5.69 Å². The van der Waals surface area contributed by atoms with Crippen molar-refractivity contribution in [1.29, 1.82) is 0 Å². The monoisotopic (exact) mass is 370 g/mol. The molecule has 0 spiro atoms. The Kier molecular flexibility index (Phi) is 4.84. The predicted molar refractivity (Wildman–Crippen MR) is 93.1 cm³/mol. The van der Waals surface area contributed by atoms with Crippen molar-refractivity contribution in [3.05, 3.63) is 59.9 Å². The molecule has 0 atom stereocenters. The molecule has 0 saturated heterocycles. The first-order valence-electron chi connectivity index (χ1n) is 7.88. The number of hydrogen-bond acceptors (Lipinski definition) is 5. The van der Waals surface area contributed by atoms with Crippen molar-refractivity contribution in [2.45, 2.75) is 6.92 Å². The van der Waals surface area contributed by atoms with Crippen molar-refractivity contribution >= 4 is 11.9 Å². The van der Waals surface area contributed by atoms with Gasteiger partial charge >= 0.3 is 5.97 Å². The Morgan fingerprint density at radius 1 is 1.19 bits per heavy atom. The number of nitrogens with one attached hydrogen (secondary N) is 1. The summed E-state index contributed by atoms with van der Waals surface area (Å²) < 4.78 is 15.9. The van der Waals surface area contributed by atoms with E-state index >= 15 is 0 Å². The number of halogens is 1. The highest BCUT2D eigenvalue weighted by atomic mass is 19.1. The summed E-state index contributed by atoms with van der Waals surface area (Å²) >= 11 is 0. The molecule has 3 rings (SSSR count). The molecule has 9 heteroatoms. The fourth-order valence-electron chi connectivity index (χ4n) is 2.53. The van der Waals surface area contributed by atoms with E-state index in [4.69, 9.17) is 5.11 Å². The number of aliphatic carboxylic acids is 1. The molecular weight excluding hydrogens is 355 g/mol. The Bertz CT molecular complexity index is 1020. The first kappa shape index (κ1) is 18.1.